The Morgan fingerprint density at radius 3 is 2.17 bits per heavy atom. The zero-order valence-electron chi connectivity index (χ0n) is 26.4. The molecule has 0 bridgehead atoms. The summed E-state index contributed by atoms with van der Waals surface area (Å²) in [4.78, 5) is 28.2. The van der Waals surface area contributed by atoms with E-state index < -0.39 is 10.1 Å². The molecule has 0 atom stereocenters. The van der Waals surface area contributed by atoms with Gasteiger partial charge < -0.3 is 20.5 Å². The molecule has 12 nitrogen and oxygen atoms in total. The van der Waals surface area contributed by atoms with Gasteiger partial charge in [0.15, 0.2) is 12.4 Å². The Kier molecular flexibility index (Phi) is 15.6. The van der Waals surface area contributed by atoms with Crippen LogP contribution in [0.5, 0.6) is 0 Å². The van der Waals surface area contributed by atoms with E-state index in [4.69, 9.17) is 0 Å². The van der Waals surface area contributed by atoms with E-state index in [0.29, 0.717) is 24.3 Å². The lowest BCUT2D eigenvalue weighted by molar-refractivity contribution is -0.697. The molecule has 4 N–H and O–H groups in total. The van der Waals surface area contributed by atoms with Crippen LogP contribution in [0.1, 0.15) is 80.1 Å². The monoisotopic (exact) mass is 651 g/mol. The van der Waals surface area contributed by atoms with E-state index in [1.807, 2.05) is 7.05 Å². The summed E-state index contributed by atoms with van der Waals surface area (Å²) in [5.41, 5.74) is 4.23. The second-order valence-electron chi connectivity index (χ2n) is 10.9. The fourth-order valence-electron chi connectivity index (χ4n) is 4.74. The number of rotatable bonds is 21. The Morgan fingerprint density at radius 1 is 0.870 bits per heavy atom. The van der Waals surface area contributed by atoms with Crippen LogP contribution in [-0.4, -0.2) is 56.1 Å². The van der Waals surface area contributed by atoms with E-state index in [2.05, 4.69) is 60.6 Å². The van der Waals surface area contributed by atoms with Gasteiger partial charge in [-0.05, 0) is 31.0 Å². The molecule has 2 aromatic heterocycles. The number of hydrogen-bond donors (Lipinski definition) is 4. The van der Waals surface area contributed by atoms with Crippen LogP contribution in [0.4, 0.5) is 11.5 Å². The minimum atomic E-state index is -4.63. The van der Waals surface area contributed by atoms with Crippen LogP contribution in [0, 0.1) is 0 Å². The third kappa shape index (κ3) is 13.7. The fourth-order valence-corrected chi connectivity index (χ4v) is 5.39. The zero-order valence-corrected chi connectivity index (χ0v) is 27.2. The molecule has 0 fully saturated rings. The van der Waals surface area contributed by atoms with Crippen molar-refractivity contribution >= 4 is 39.7 Å². The quantitative estimate of drug-likeness (QED) is 0.0437. The number of nitrogens with zero attached hydrogens (tertiary/aromatic N) is 3. The van der Waals surface area contributed by atoms with Crippen LogP contribution in [0.25, 0.3) is 0 Å². The van der Waals surface area contributed by atoms with Gasteiger partial charge in [0.05, 0.1) is 16.7 Å². The number of pyridine rings is 2. The third-order valence-electron chi connectivity index (χ3n) is 7.33. The number of carbonyl (C=O) groups excluding carboxylic acids is 2. The normalized spacial score (nSPS) is 11.3. The average Bonchev–Trinajstić information content (AvgIpc) is 3.06. The molecule has 3 rings (SSSR count). The molecule has 13 heteroatoms. The Labute approximate surface area is 271 Å². The van der Waals surface area contributed by atoms with E-state index in [9.17, 15) is 22.6 Å². The minimum absolute atomic E-state index is 0.0131. The molecule has 0 spiro atoms. The van der Waals surface area contributed by atoms with Crippen molar-refractivity contribution in [1.29, 1.82) is 0 Å². The fraction of sp³-hybridized carbons (Fsp3) is 0.424. The first kappa shape index (κ1) is 36.1. The highest BCUT2D eigenvalue weighted by Gasteiger charge is 2.08. The third-order valence-corrected chi connectivity index (χ3v) is 8.24. The lowest BCUT2D eigenvalue weighted by Crippen LogP contribution is -2.34. The number of anilines is 2. The summed E-state index contributed by atoms with van der Waals surface area (Å²) in [6.45, 7) is 1.69. The van der Waals surface area contributed by atoms with Crippen LogP contribution < -0.4 is 25.9 Å². The highest BCUT2D eigenvalue weighted by atomic mass is 32.2. The van der Waals surface area contributed by atoms with Crippen LogP contribution in [-0.2, 0) is 21.5 Å². The minimum Gasteiger partial charge on any atom is -0.744 e. The molecule has 0 saturated heterocycles. The Balaban J connectivity index is 1.17. The maximum Gasteiger partial charge on any atom is 0.252 e. The first-order chi connectivity index (χ1) is 22.3. The van der Waals surface area contributed by atoms with E-state index in [-0.39, 0.29) is 28.8 Å². The van der Waals surface area contributed by atoms with Gasteiger partial charge in [0.1, 0.15) is 22.5 Å². The summed E-state index contributed by atoms with van der Waals surface area (Å²) in [7, 11) is -2.70. The number of hydrogen-bond acceptors (Lipinski definition) is 9. The smallest absolute Gasteiger partial charge is 0.252 e. The number of amides is 2. The van der Waals surface area contributed by atoms with Crippen molar-refractivity contribution in [3.63, 3.8) is 0 Å². The van der Waals surface area contributed by atoms with Gasteiger partial charge in [-0.15, -0.1) is 0 Å². The summed E-state index contributed by atoms with van der Waals surface area (Å²) >= 11 is 0. The van der Waals surface area contributed by atoms with Gasteiger partial charge in [-0.2, -0.15) is 5.10 Å². The van der Waals surface area contributed by atoms with E-state index in [0.717, 1.165) is 31.5 Å². The number of nitrogens with one attached hydrogen (secondary N) is 4. The van der Waals surface area contributed by atoms with Crippen LogP contribution in [0.3, 0.4) is 0 Å². The highest BCUT2D eigenvalue weighted by Crippen LogP contribution is 2.14. The lowest BCUT2D eigenvalue weighted by atomic mass is 10.1. The number of aromatic nitrogens is 2. The van der Waals surface area contributed by atoms with Crippen LogP contribution >= 0.6 is 0 Å². The molecule has 248 valence electrons. The summed E-state index contributed by atoms with van der Waals surface area (Å²) in [6, 6.07) is 13.0. The summed E-state index contributed by atoms with van der Waals surface area (Å²) < 4.78 is 36.3. The Bertz CT molecular complexity index is 1500. The van der Waals surface area contributed by atoms with Crippen LogP contribution in [0.2, 0.25) is 0 Å². The van der Waals surface area contributed by atoms with Crippen molar-refractivity contribution in [3.8, 4) is 0 Å². The predicted molar refractivity (Wildman–Crippen MR) is 178 cm³/mol. The van der Waals surface area contributed by atoms with Gasteiger partial charge in [-0.3, -0.25) is 15.0 Å². The number of carbonyl (C=O) groups is 2. The van der Waals surface area contributed by atoms with Crippen molar-refractivity contribution in [2.75, 3.05) is 30.9 Å². The number of benzene rings is 1. The van der Waals surface area contributed by atoms with Crippen LogP contribution in [0.15, 0.2) is 77.1 Å². The molecular weight excluding hydrogens is 606 g/mol. The Morgan fingerprint density at radius 2 is 1.52 bits per heavy atom. The molecule has 0 unspecified atom stereocenters. The van der Waals surface area contributed by atoms with Gasteiger partial charge in [-0.1, -0.05) is 56.7 Å². The predicted octanol–water partition coefficient (Wildman–Crippen LogP) is 4.21. The van der Waals surface area contributed by atoms with Crippen molar-refractivity contribution in [2.45, 2.75) is 75.6 Å². The Hall–Kier alpha value is -4.36. The summed E-state index contributed by atoms with van der Waals surface area (Å²) in [6.07, 6.45) is 17.8. The first-order valence-electron chi connectivity index (χ1n) is 15.8. The van der Waals surface area contributed by atoms with Gasteiger partial charge in [-0.25, -0.2) is 18.0 Å². The van der Waals surface area contributed by atoms with E-state index >= 15 is 0 Å². The second-order valence-corrected chi connectivity index (χ2v) is 12.3. The largest absolute Gasteiger partial charge is 0.744 e. The SMILES string of the molecule is CNc1cc[n+](CCCCCCCCCCCC(=O)NCCNC(=O)c2ccc(N/N=C\c3ccccc3S(=O)(=O)[O-])nc2)cc1. The topological polar surface area (TPSA) is 169 Å². The van der Waals surface area contributed by atoms with Gasteiger partial charge >= 0.3 is 0 Å². The maximum absolute atomic E-state index is 12.4. The lowest BCUT2D eigenvalue weighted by Gasteiger charge is -2.09. The van der Waals surface area contributed by atoms with E-state index in [1.165, 1.54) is 75.2 Å². The molecule has 0 aliphatic heterocycles. The number of aryl methyl sites for hydroxylation is 1. The van der Waals surface area contributed by atoms with Gasteiger partial charge in [0.2, 0.25) is 5.91 Å². The highest BCUT2D eigenvalue weighted by molar-refractivity contribution is 7.85. The van der Waals surface area contributed by atoms with Gasteiger partial charge in [0.25, 0.3) is 5.91 Å². The van der Waals surface area contributed by atoms with Crippen molar-refractivity contribution in [2.24, 2.45) is 5.10 Å². The molecule has 2 heterocycles. The van der Waals surface area contributed by atoms with Gasteiger partial charge in [0, 0.05) is 62.6 Å². The number of unbranched alkanes of at least 4 members (excludes halogenated alkanes) is 8. The van der Waals surface area contributed by atoms with Crippen molar-refractivity contribution in [3.05, 3.63) is 78.2 Å². The number of hydrazone groups is 1. The first-order valence-corrected chi connectivity index (χ1v) is 17.2. The maximum atomic E-state index is 12.4. The van der Waals surface area contributed by atoms with E-state index in [1.54, 1.807) is 12.1 Å². The summed E-state index contributed by atoms with van der Waals surface area (Å²) in [5.74, 6) is -0.0226. The molecule has 0 aliphatic carbocycles. The standard InChI is InChI=1S/C33H45N7O5S/c1-34-29-18-23-40(24-19-29)22-12-8-6-4-2-3-5-7-9-15-32(41)35-20-21-36-33(42)28-16-17-31(37-25-28)39-38-26-27-13-10-11-14-30(27)46(43,44)45/h10-11,13-14,16-19,23-26H,2-9,12,15,20-22H2,1H3,(H4,35,36,37,39,41,42,43,44,45)/b38-26-. The van der Waals surface area contributed by atoms with Crippen molar-refractivity contribution < 1.29 is 27.1 Å². The molecule has 46 heavy (non-hydrogen) atoms. The molecule has 0 saturated carbocycles. The van der Waals surface area contributed by atoms with Crippen molar-refractivity contribution in [1.82, 2.24) is 15.6 Å². The average molecular weight is 652 g/mol. The molecule has 1 aromatic carbocycles. The molecular formula is C33H45N7O5S. The zero-order chi connectivity index (χ0) is 33.0. The summed E-state index contributed by atoms with van der Waals surface area (Å²) in [5, 5.41) is 12.6. The second kappa shape index (κ2) is 19.9. The molecule has 0 radical (unpaired) electrons. The molecule has 0 aliphatic rings. The molecule has 3 aromatic rings. The molecule has 2 amide bonds.